The summed E-state index contributed by atoms with van der Waals surface area (Å²) in [7, 11) is 0. The molecule has 0 bridgehead atoms. The topological polar surface area (TPSA) is 53.9 Å². The van der Waals surface area contributed by atoms with Gasteiger partial charge < -0.3 is 14.8 Å². The molecular formula is C14H15N3O. The molecule has 0 saturated carbocycles. The van der Waals surface area contributed by atoms with Crippen LogP contribution in [-0.4, -0.2) is 10.1 Å². The van der Waals surface area contributed by atoms with Gasteiger partial charge in [-0.1, -0.05) is 17.3 Å². The molecule has 0 amide bonds. The van der Waals surface area contributed by atoms with Crippen molar-refractivity contribution in [1.82, 2.24) is 15.5 Å². The zero-order chi connectivity index (χ0) is 12.4. The van der Waals surface area contributed by atoms with E-state index in [-0.39, 0.29) is 0 Å². The quantitative estimate of drug-likeness (QED) is 0.738. The Morgan fingerprint density at radius 2 is 2.17 bits per heavy atom. The zero-order valence-electron chi connectivity index (χ0n) is 10.2. The first kappa shape index (κ1) is 11.0. The van der Waals surface area contributed by atoms with Crippen LogP contribution >= 0.6 is 0 Å². The summed E-state index contributed by atoms with van der Waals surface area (Å²) in [6.07, 6.45) is 1.96. The number of rotatable bonds is 4. The van der Waals surface area contributed by atoms with Gasteiger partial charge in [0, 0.05) is 24.3 Å². The van der Waals surface area contributed by atoms with E-state index in [2.05, 4.69) is 39.7 Å². The lowest BCUT2D eigenvalue weighted by atomic mass is 10.1. The van der Waals surface area contributed by atoms with E-state index in [0.717, 1.165) is 18.0 Å². The minimum atomic E-state index is 0.698. The van der Waals surface area contributed by atoms with E-state index in [1.54, 1.807) is 0 Å². The number of benzene rings is 1. The molecule has 0 aliphatic heterocycles. The molecule has 3 rings (SSSR count). The third kappa shape index (κ3) is 2.28. The van der Waals surface area contributed by atoms with E-state index in [1.807, 2.05) is 19.2 Å². The van der Waals surface area contributed by atoms with Gasteiger partial charge in [0.1, 0.15) is 0 Å². The van der Waals surface area contributed by atoms with Crippen molar-refractivity contribution in [2.45, 2.75) is 20.0 Å². The number of aryl methyl sites for hydroxylation is 1. The van der Waals surface area contributed by atoms with Crippen LogP contribution in [0.25, 0.3) is 10.9 Å². The predicted molar refractivity (Wildman–Crippen MR) is 70.1 cm³/mol. The van der Waals surface area contributed by atoms with Gasteiger partial charge in [-0.25, -0.2) is 0 Å². The molecule has 0 atom stereocenters. The lowest BCUT2D eigenvalue weighted by molar-refractivity contribution is 0.369. The molecule has 2 heterocycles. The first-order chi connectivity index (χ1) is 8.81. The van der Waals surface area contributed by atoms with E-state index in [0.29, 0.717) is 6.54 Å². The number of nitrogens with one attached hydrogen (secondary N) is 2. The zero-order valence-corrected chi connectivity index (χ0v) is 10.2. The molecule has 18 heavy (non-hydrogen) atoms. The average Bonchev–Trinajstić information content (AvgIpc) is 2.97. The third-order valence-electron chi connectivity index (χ3n) is 2.92. The summed E-state index contributed by atoms with van der Waals surface area (Å²) >= 11 is 0. The number of hydrogen-bond acceptors (Lipinski definition) is 3. The second kappa shape index (κ2) is 4.66. The van der Waals surface area contributed by atoms with Crippen LogP contribution in [0.15, 0.2) is 41.1 Å². The summed E-state index contributed by atoms with van der Waals surface area (Å²) in [5.41, 5.74) is 3.34. The second-order valence-corrected chi connectivity index (χ2v) is 4.44. The summed E-state index contributed by atoms with van der Waals surface area (Å²) < 4.78 is 5.14. The largest absolute Gasteiger partial charge is 0.361 e. The number of aromatic amines is 1. The molecule has 4 heteroatoms. The summed E-state index contributed by atoms with van der Waals surface area (Å²) in [5.74, 6) is 0.869. The molecule has 0 fully saturated rings. The van der Waals surface area contributed by atoms with Crippen molar-refractivity contribution in [2.24, 2.45) is 0 Å². The highest BCUT2D eigenvalue weighted by Gasteiger charge is 2.01. The highest BCUT2D eigenvalue weighted by atomic mass is 16.5. The minimum Gasteiger partial charge on any atom is -0.361 e. The van der Waals surface area contributed by atoms with Gasteiger partial charge in [0.15, 0.2) is 5.76 Å². The molecule has 92 valence electrons. The Kier molecular flexibility index (Phi) is 2.86. The van der Waals surface area contributed by atoms with E-state index in [4.69, 9.17) is 4.52 Å². The fourth-order valence-corrected chi connectivity index (χ4v) is 2.03. The predicted octanol–water partition coefficient (Wildman–Crippen LogP) is 2.75. The molecule has 1 aromatic carbocycles. The summed E-state index contributed by atoms with van der Waals surface area (Å²) in [6, 6.07) is 10.4. The highest BCUT2D eigenvalue weighted by molar-refractivity contribution is 5.79. The van der Waals surface area contributed by atoms with Crippen LogP contribution in [0, 0.1) is 6.92 Å². The van der Waals surface area contributed by atoms with Crippen LogP contribution in [0.3, 0.4) is 0 Å². The van der Waals surface area contributed by atoms with Crippen molar-refractivity contribution in [3.63, 3.8) is 0 Å². The minimum absolute atomic E-state index is 0.698. The van der Waals surface area contributed by atoms with Gasteiger partial charge in [0.25, 0.3) is 0 Å². The maximum Gasteiger partial charge on any atom is 0.150 e. The first-order valence-corrected chi connectivity index (χ1v) is 6.00. The molecule has 0 aliphatic carbocycles. The molecular weight excluding hydrogens is 226 g/mol. The van der Waals surface area contributed by atoms with Crippen molar-refractivity contribution in [1.29, 1.82) is 0 Å². The second-order valence-electron chi connectivity index (χ2n) is 4.44. The smallest absolute Gasteiger partial charge is 0.150 e. The van der Waals surface area contributed by atoms with Gasteiger partial charge in [0.05, 0.1) is 12.2 Å². The van der Waals surface area contributed by atoms with Crippen molar-refractivity contribution in [3.8, 4) is 0 Å². The average molecular weight is 241 g/mol. The van der Waals surface area contributed by atoms with Gasteiger partial charge in [0.2, 0.25) is 0 Å². The van der Waals surface area contributed by atoms with Crippen molar-refractivity contribution < 1.29 is 4.52 Å². The van der Waals surface area contributed by atoms with Crippen LogP contribution in [0.5, 0.6) is 0 Å². The standard InChI is InChI=1S/C14H15N3O/c1-10-6-13(18-17-10)9-15-8-11-2-3-12-4-5-16-14(12)7-11/h2-7,15-16H,8-9H2,1H3. The van der Waals surface area contributed by atoms with Crippen molar-refractivity contribution in [2.75, 3.05) is 0 Å². The molecule has 2 aromatic heterocycles. The molecule has 0 spiro atoms. The first-order valence-electron chi connectivity index (χ1n) is 6.00. The fourth-order valence-electron chi connectivity index (χ4n) is 2.03. The number of fused-ring (bicyclic) bond motifs is 1. The van der Waals surface area contributed by atoms with Gasteiger partial charge >= 0.3 is 0 Å². The Hall–Kier alpha value is -2.07. The van der Waals surface area contributed by atoms with E-state index >= 15 is 0 Å². The summed E-state index contributed by atoms with van der Waals surface area (Å²) in [5, 5.41) is 8.44. The van der Waals surface area contributed by atoms with Gasteiger partial charge in [-0.2, -0.15) is 0 Å². The number of H-pyrrole nitrogens is 1. The Morgan fingerprint density at radius 3 is 3.00 bits per heavy atom. The molecule has 0 radical (unpaired) electrons. The molecule has 3 aromatic rings. The maximum absolute atomic E-state index is 5.14. The normalized spacial score (nSPS) is 11.2. The summed E-state index contributed by atoms with van der Waals surface area (Å²) in [4.78, 5) is 3.22. The molecule has 0 saturated heterocycles. The van der Waals surface area contributed by atoms with Crippen molar-refractivity contribution in [3.05, 3.63) is 53.5 Å². The van der Waals surface area contributed by atoms with Crippen LogP contribution < -0.4 is 5.32 Å². The van der Waals surface area contributed by atoms with Gasteiger partial charge in [-0.05, 0) is 30.0 Å². The number of hydrogen-bond donors (Lipinski definition) is 2. The van der Waals surface area contributed by atoms with Crippen LogP contribution in [0.2, 0.25) is 0 Å². The van der Waals surface area contributed by atoms with Crippen LogP contribution in [-0.2, 0) is 13.1 Å². The Labute approximate surface area is 105 Å². The van der Waals surface area contributed by atoms with Gasteiger partial charge in [-0.3, -0.25) is 0 Å². The summed E-state index contributed by atoms with van der Waals surface area (Å²) in [6.45, 7) is 3.43. The number of nitrogens with zero attached hydrogens (tertiary/aromatic N) is 1. The van der Waals surface area contributed by atoms with E-state index < -0.39 is 0 Å². The van der Waals surface area contributed by atoms with Crippen molar-refractivity contribution >= 4 is 10.9 Å². The fraction of sp³-hybridized carbons (Fsp3) is 0.214. The molecule has 4 nitrogen and oxygen atoms in total. The van der Waals surface area contributed by atoms with E-state index in [9.17, 15) is 0 Å². The highest BCUT2D eigenvalue weighted by Crippen LogP contribution is 2.14. The Balaban J connectivity index is 1.62. The Bertz CT molecular complexity index is 654. The maximum atomic E-state index is 5.14. The van der Waals surface area contributed by atoms with Crippen LogP contribution in [0.1, 0.15) is 17.0 Å². The van der Waals surface area contributed by atoms with Gasteiger partial charge in [-0.15, -0.1) is 0 Å². The Morgan fingerprint density at radius 1 is 1.22 bits per heavy atom. The molecule has 0 unspecified atom stereocenters. The number of aromatic nitrogens is 2. The third-order valence-corrected chi connectivity index (χ3v) is 2.92. The van der Waals surface area contributed by atoms with Crippen LogP contribution in [0.4, 0.5) is 0 Å². The lowest BCUT2D eigenvalue weighted by Gasteiger charge is -2.02. The molecule has 2 N–H and O–H groups in total. The molecule has 0 aliphatic rings. The lowest BCUT2D eigenvalue weighted by Crippen LogP contribution is -2.12. The monoisotopic (exact) mass is 241 g/mol. The SMILES string of the molecule is Cc1cc(CNCc2ccc3cc[nH]c3c2)on1. The van der Waals surface area contributed by atoms with E-state index in [1.165, 1.54) is 16.5 Å².